The van der Waals surface area contributed by atoms with E-state index in [9.17, 15) is 4.79 Å². The predicted octanol–water partition coefficient (Wildman–Crippen LogP) is 3.01. The van der Waals surface area contributed by atoms with Gasteiger partial charge in [-0.1, -0.05) is 23.2 Å². The van der Waals surface area contributed by atoms with Gasteiger partial charge in [-0.25, -0.2) is 0 Å². The van der Waals surface area contributed by atoms with E-state index < -0.39 is 0 Å². The summed E-state index contributed by atoms with van der Waals surface area (Å²) in [4.78, 5) is 14.2. The summed E-state index contributed by atoms with van der Waals surface area (Å²) >= 11 is 11.8. The number of anilines is 2. The summed E-state index contributed by atoms with van der Waals surface area (Å²) in [5.41, 5.74) is 0.710. The highest BCUT2D eigenvalue weighted by molar-refractivity contribution is 6.35. The van der Waals surface area contributed by atoms with Crippen LogP contribution < -0.4 is 10.6 Å². The van der Waals surface area contributed by atoms with Gasteiger partial charge in [-0.15, -0.1) is 10.2 Å². The Hall–Kier alpha value is -1.89. The topological polar surface area (TPSA) is 70.2 Å². The van der Waals surface area contributed by atoms with Crippen molar-refractivity contribution in [1.29, 1.82) is 0 Å². The fraction of sp³-hybridized carbons (Fsp3) is 0.267. The van der Waals surface area contributed by atoms with E-state index in [4.69, 9.17) is 23.2 Å². The van der Waals surface area contributed by atoms with Crippen molar-refractivity contribution in [3.05, 3.63) is 46.1 Å². The number of likely N-dealkylation sites (N-methyl/N-ethyl adjacent to an activating group) is 1. The van der Waals surface area contributed by atoms with Crippen molar-refractivity contribution in [2.45, 2.75) is 0 Å². The highest BCUT2D eigenvalue weighted by Gasteiger charge is 2.09. The van der Waals surface area contributed by atoms with Crippen LogP contribution in [-0.4, -0.2) is 48.2 Å². The Morgan fingerprint density at radius 2 is 1.83 bits per heavy atom. The van der Waals surface area contributed by atoms with Gasteiger partial charge in [-0.3, -0.25) is 4.79 Å². The van der Waals surface area contributed by atoms with Crippen molar-refractivity contribution in [1.82, 2.24) is 15.1 Å². The number of halogens is 2. The van der Waals surface area contributed by atoms with Gasteiger partial charge < -0.3 is 15.5 Å². The fourth-order valence-corrected chi connectivity index (χ4v) is 2.30. The Morgan fingerprint density at radius 1 is 1.13 bits per heavy atom. The number of nitrogens with one attached hydrogen (secondary N) is 2. The van der Waals surface area contributed by atoms with Gasteiger partial charge in [0.15, 0.2) is 5.69 Å². The summed E-state index contributed by atoms with van der Waals surface area (Å²) in [6.45, 7) is 1.62. The molecular formula is C15H17Cl2N5O. The third kappa shape index (κ3) is 5.67. The zero-order valence-corrected chi connectivity index (χ0v) is 14.3. The number of rotatable bonds is 6. The first-order chi connectivity index (χ1) is 10.9. The number of nitrogens with zero attached hydrogens (tertiary/aromatic N) is 3. The molecule has 0 fully saturated rings. The monoisotopic (exact) mass is 353 g/mol. The van der Waals surface area contributed by atoms with E-state index in [1.807, 2.05) is 14.1 Å². The van der Waals surface area contributed by atoms with Crippen LogP contribution in [0.5, 0.6) is 0 Å². The molecule has 1 aromatic carbocycles. The van der Waals surface area contributed by atoms with Crippen LogP contribution in [0.2, 0.25) is 10.0 Å². The zero-order chi connectivity index (χ0) is 16.8. The molecule has 0 spiro atoms. The lowest BCUT2D eigenvalue weighted by atomic mass is 10.3. The number of amides is 1. The Kier molecular flexibility index (Phi) is 6.15. The Labute approximate surface area is 144 Å². The lowest BCUT2D eigenvalue weighted by Crippen LogP contribution is -2.21. The third-order valence-electron chi connectivity index (χ3n) is 2.88. The van der Waals surface area contributed by atoms with Crippen molar-refractivity contribution in [2.24, 2.45) is 0 Å². The molecule has 6 nitrogen and oxygen atoms in total. The first-order valence-electron chi connectivity index (χ1n) is 6.94. The average molecular weight is 354 g/mol. The van der Waals surface area contributed by atoms with Crippen molar-refractivity contribution >= 4 is 40.6 Å². The van der Waals surface area contributed by atoms with E-state index in [0.29, 0.717) is 21.6 Å². The number of carbonyl (C=O) groups is 1. The fourth-order valence-electron chi connectivity index (χ4n) is 1.78. The van der Waals surface area contributed by atoms with Gasteiger partial charge in [0, 0.05) is 28.8 Å². The number of hydrogen-bond donors (Lipinski definition) is 2. The van der Waals surface area contributed by atoms with Gasteiger partial charge in [-0.05, 0) is 44.4 Å². The standard InChI is InChI=1S/C15H17Cl2N5O/c1-22(2)6-5-18-14-4-3-13(20-21-14)15(23)19-12-8-10(16)7-11(17)9-12/h3-4,7-9H,5-6H2,1-2H3,(H,18,21)(H,19,23). The molecule has 0 aliphatic heterocycles. The van der Waals surface area contributed by atoms with Crippen molar-refractivity contribution in [2.75, 3.05) is 37.8 Å². The minimum absolute atomic E-state index is 0.208. The van der Waals surface area contributed by atoms with Crippen LogP contribution in [0.25, 0.3) is 0 Å². The zero-order valence-electron chi connectivity index (χ0n) is 12.8. The van der Waals surface area contributed by atoms with Crippen LogP contribution in [0.15, 0.2) is 30.3 Å². The molecule has 0 bridgehead atoms. The van der Waals surface area contributed by atoms with Crippen molar-refractivity contribution in [3.8, 4) is 0 Å². The lowest BCUT2D eigenvalue weighted by molar-refractivity contribution is 0.102. The Balaban J connectivity index is 1.97. The number of carbonyl (C=O) groups excluding carboxylic acids is 1. The molecule has 0 aliphatic carbocycles. The molecule has 0 unspecified atom stereocenters. The molecule has 23 heavy (non-hydrogen) atoms. The van der Waals surface area contributed by atoms with Crippen LogP contribution in [0.3, 0.4) is 0 Å². The first kappa shape index (κ1) is 17.5. The molecule has 8 heteroatoms. The van der Waals surface area contributed by atoms with Gasteiger partial charge >= 0.3 is 0 Å². The maximum atomic E-state index is 12.1. The van der Waals surface area contributed by atoms with E-state index >= 15 is 0 Å². The summed E-state index contributed by atoms with van der Waals surface area (Å²) in [6, 6.07) is 8.12. The Bertz CT molecular complexity index is 656. The van der Waals surface area contributed by atoms with Gasteiger partial charge in [0.2, 0.25) is 0 Å². The second-order valence-corrected chi connectivity index (χ2v) is 6.02. The van der Waals surface area contributed by atoms with E-state index in [2.05, 4.69) is 25.7 Å². The highest BCUT2D eigenvalue weighted by Crippen LogP contribution is 2.22. The van der Waals surface area contributed by atoms with E-state index in [1.54, 1.807) is 30.3 Å². The minimum atomic E-state index is -0.379. The molecule has 1 heterocycles. The molecule has 1 aromatic heterocycles. The summed E-state index contributed by atoms with van der Waals surface area (Å²) < 4.78 is 0. The first-order valence-corrected chi connectivity index (χ1v) is 7.69. The van der Waals surface area contributed by atoms with Gasteiger partial charge in [-0.2, -0.15) is 0 Å². The molecule has 2 rings (SSSR count). The van der Waals surface area contributed by atoms with E-state index in [0.717, 1.165) is 13.1 Å². The largest absolute Gasteiger partial charge is 0.367 e. The highest BCUT2D eigenvalue weighted by atomic mass is 35.5. The molecule has 0 saturated carbocycles. The Morgan fingerprint density at radius 3 is 2.39 bits per heavy atom. The van der Waals surface area contributed by atoms with Crippen LogP contribution in [0.4, 0.5) is 11.5 Å². The van der Waals surface area contributed by atoms with Crippen LogP contribution in [-0.2, 0) is 0 Å². The second kappa shape index (κ2) is 8.10. The molecule has 2 N–H and O–H groups in total. The summed E-state index contributed by atoms with van der Waals surface area (Å²) in [5.74, 6) is 0.241. The minimum Gasteiger partial charge on any atom is -0.367 e. The van der Waals surface area contributed by atoms with Gasteiger partial charge in [0.1, 0.15) is 5.82 Å². The molecule has 122 valence electrons. The average Bonchev–Trinajstić information content (AvgIpc) is 2.46. The SMILES string of the molecule is CN(C)CCNc1ccc(C(=O)Nc2cc(Cl)cc(Cl)c2)nn1. The number of aromatic nitrogens is 2. The van der Waals surface area contributed by atoms with Crippen LogP contribution in [0.1, 0.15) is 10.5 Å². The maximum Gasteiger partial charge on any atom is 0.276 e. The molecule has 2 aromatic rings. The quantitative estimate of drug-likeness (QED) is 0.835. The molecular weight excluding hydrogens is 337 g/mol. The lowest BCUT2D eigenvalue weighted by Gasteiger charge is -2.10. The van der Waals surface area contributed by atoms with Crippen LogP contribution >= 0.6 is 23.2 Å². The predicted molar refractivity (Wildman–Crippen MR) is 93.5 cm³/mol. The summed E-state index contributed by atoms with van der Waals surface area (Å²) in [7, 11) is 3.98. The molecule has 0 radical (unpaired) electrons. The smallest absolute Gasteiger partial charge is 0.276 e. The maximum absolute atomic E-state index is 12.1. The van der Waals surface area contributed by atoms with Crippen LogP contribution in [0, 0.1) is 0 Å². The molecule has 0 atom stereocenters. The van der Waals surface area contributed by atoms with Gasteiger partial charge in [0.25, 0.3) is 5.91 Å². The third-order valence-corrected chi connectivity index (χ3v) is 3.32. The van der Waals surface area contributed by atoms with E-state index in [1.165, 1.54) is 0 Å². The second-order valence-electron chi connectivity index (χ2n) is 5.15. The van der Waals surface area contributed by atoms with Crippen molar-refractivity contribution < 1.29 is 4.79 Å². The molecule has 1 amide bonds. The van der Waals surface area contributed by atoms with Gasteiger partial charge in [0.05, 0.1) is 0 Å². The summed E-state index contributed by atoms with van der Waals surface area (Å²) in [6.07, 6.45) is 0. The number of hydrogen-bond acceptors (Lipinski definition) is 5. The van der Waals surface area contributed by atoms with Crippen molar-refractivity contribution in [3.63, 3.8) is 0 Å². The molecule has 0 saturated heterocycles. The normalized spacial score (nSPS) is 10.7. The number of benzene rings is 1. The molecule has 0 aliphatic rings. The van der Waals surface area contributed by atoms with E-state index in [-0.39, 0.29) is 11.6 Å². The summed E-state index contributed by atoms with van der Waals surface area (Å²) in [5, 5.41) is 14.6.